The maximum absolute atomic E-state index is 13.9. The van der Waals surface area contributed by atoms with Gasteiger partial charge in [-0.2, -0.15) is 0 Å². The molecule has 0 aliphatic carbocycles. The van der Waals surface area contributed by atoms with Gasteiger partial charge in [0.05, 0.1) is 23.0 Å². The largest absolute Gasteiger partial charge is 0.377 e. The van der Waals surface area contributed by atoms with Gasteiger partial charge in [0.15, 0.2) is 0 Å². The van der Waals surface area contributed by atoms with Crippen molar-refractivity contribution in [1.29, 1.82) is 0 Å². The molecule has 206 valence electrons. The van der Waals surface area contributed by atoms with Crippen LogP contribution in [0, 0.1) is 0 Å². The van der Waals surface area contributed by atoms with Gasteiger partial charge in [-0.3, -0.25) is 14.0 Å². The fourth-order valence-corrected chi connectivity index (χ4v) is 6.09. The van der Waals surface area contributed by atoms with Gasteiger partial charge in [0, 0.05) is 50.9 Å². The molecule has 1 amide bonds. The summed E-state index contributed by atoms with van der Waals surface area (Å²) < 4.78 is 34.4. The van der Waals surface area contributed by atoms with Crippen LogP contribution in [0.25, 0.3) is 11.0 Å². The Bertz CT molecular complexity index is 1390. The van der Waals surface area contributed by atoms with Gasteiger partial charge in [-0.05, 0) is 50.1 Å². The molecule has 0 spiro atoms. The molecule has 2 heterocycles. The number of rotatable bonds is 6. The lowest BCUT2D eigenvalue weighted by Crippen LogP contribution is -2.42. The molecule has 0 saturated carbocycles. The number of carbonyl (C=O) groups excluding carboxylic acids is 1. The Balaban J connectivity index is 1.73. The highest BCUT2D eigenvalue weighted by atomic mass is 35.5. The van der Waals surface area contributed by atoms with Crippen LogP contribution in [-0.4, -0.2) is 79.3 Å². The molecule has 38 heavy (non-hydrogen) atoms. The first kappa shape index (κ1) is 28.4. The predicted molar refractivity (Wildman–Crippen MR) is 151 cm³/mol. The van der Waals surface area contributed by atoms with Crippen LogP contribution in [0.4, 0.5) is 5.69 Å². The molecular weight excluding hydrogens is 526 g/mol. The van der Waals surface area contributed by atoms with E-state index in [0.29, 0.717) is 49.1 Å². The highest BCUT2D eigenvalue weighted by Crippen LogP contribution is 2.29. The standard InChI is InChI=1S/C27H36ClN5O4S/c1-20(2)30-12-7-13-33(38(4,35)36)25-16-22(28)11-10-21(25)17-31(15-14-30)27(34)18-32-24-9-6-5-8-23(24)29-26(32)19-37-3/h5-6,8-11,16,20H,7,12-15,17-19H2,1-4H3. The van der Waals surface area contributed by atoms with Crippen molar-refractivity contribution < 1.29 is 17.9 Å². The second kappa shape index (κ2) is 12.0. The summed E-state index contributed by atoms with van der Waals surface area (Å²) in [6.07, 6.45) is 1.87. The first-order valence-electron chi connectivity index (χ1n) is 12.8. The number of anilines is 1. The number of benzene rings is 2. The Morgan fingerprint density at radius 1 is 1.11 bits per heavy atom. The van der Waals surface area contributed by atoms with Crippen molar-refractivity contribution in [3.63, 3.8) is 0 Å². The number of amides is 1. The number of hydrogen-bond donors (Lipinski definition) is 0. The van der Waals surface area contributed by atoms with Crippen LogP contribution in [0.15, 0.2) is 42.5 Å². The van der Waals surface area contributed by atoms with E-state index in [9.17, 15) is 13.2 Å². The van der Waals surface area contributed by atoms with Crippen molar-refractivity contribution in [3.8, 4) is 0 Å². The number of halogens is 1. The summed E-state index contributed by atoms with van der Waals surface area (Å²) in [7, 11) is -1.96. The number of hydrogen-bond acceptors (Lipinski definition) is 6. The Kier molecular flexibility index (Phi) is 8.97. The van der Waals surface area contributed by atoms with E-state index in [1.54, 1.807) is 24.1 Å². The number of para-hydroxylation sites is 2. The smallest absolute Gasteiger partial charge is 0.242 e. The number of sulfonamides is 1. The molecule has 3 aromatic rings. The quantitative estimate of drug-likeness (QED) is 0.455. The van der Waals surface area contributed by atoms with E-state index in [0.717, 1.165) is 16.6 Å². The van der Waals surface area contributed by atoms with Crippen LogP contribution in [0.5, 0.6) is 0 Å². The maximum Gasteiger partial charge on any atom is 0.242 e. The van der Waals surface area contributed by atoms with Gasteiger partial charge in [-0.25, -0.2) is 13.4 Å². The molecule has 1 aliphatic rings. The molecule has 0 bridgehead atoms. The number of imidazole rings is 1. The Hall–Kier alpha value is -2.66. The van der Waals surface area contributed by atoms with Crippen molar-refractivity contribution in [1.82, 2.24) is 19.4 Å². The molecule has 0 N–H and O–H groups in total. The van der Waals surface area contributed by atoms with E-state index in [4.69, 9.17) is 16.3 Å². The first-order chi connectivity index (χ1) is 18.1. The van der Waals surface area contributed by atoms with Crippen molar-refractivity contribution in [3.05, 3.63) is 58.9 Å². The molecule has 1 aromatic heterocycles. The zero-order valence-electron chi connectivity index (χ0n) is 22.4. The van der Waals surface area contributed by atoms with Crippen LogP contribution in [-0.2, 0) is 39.3 Å². The molecule has 0 fully saturated rings. The SMILES string of the molecule is COCc1nc2ccccc2n1CC(=O)N1CCN(C(C)C)CCCN(S(C)(=O)=O)c2cc(Cl)ccc2C1. The molecule has 0 radical (unpaired) electrons. The summed E-state index contributed by atoms with van der Waals surface area (Å²) in [5, 5.41) is 0.447. The number of methoxy groups -OCH3 is 1. The summed E-state index contributed by atoms with van der Waals surface area (Å²) in [5.74, 6) is 0.597. The third kappa shape index (κ3) is 6.48. The van der Waals surface area contributed by atoms with Crippen LogP contribution < -0.4 is 4.31 Å². The van der Waals surface area contributed by atoms with Crippen molar-refractivity contribution in [2.24, 2.45) is 0 Å². The fraction of sp³-hybridized carbons (Fsp3) is 0.481. The summed E-state index contributed by atoms with van der Waals surface area (Å²) in [6.45, 7) is 7.11. The van der Waals surface area contributed by atoms with Crippen LogP contribution in [0.2, 0.25) is 5.02 Å². The third-order valence-corrected chi connectivity index (χ3v) is 8.34. The zero-order chi connectivity index (χ0) is 27.4. The van der Waals surface area contributed by atoms with E-state index in [1.165, 1.54) is 10.6 Å². The zero-order valence-corrected chi connectivity index (χ0v) is 24.0. The lowest BCUT2D eigenvalue weighted by atomic mass is 10.1. The van der Waals surface area contributed by atoms with Crippen molar-refractivity contribution >= 4 is 44.3 Å². The molecule has 9 nitrogen and oxygen atoms in total. The van der Waals surface area contributed by atoms with E-state index in [2.05, 4.69) is 23.7 Å². The molecule has 1 aliphatic heterocycles. The lowest BCUT2D eigenvalue weighted by Gasteiger charge is -2.30. The van der Waals surface area contributed by atoms with Gasteiger partial charge in [-0.1, -0.05) is 29.8 Å². The second-order valence-corrected chi connectivity index (χ2v) is 12.3. The van der Waals surface area contributed by atoms with Gasteiger partial charge in [0.1, 0.15) is 19.0 Å². The minimum atomic E-state index is -3.56. The summed E-state index contributed by atoms with van der Waals surface area (Å²) >= 11 is 6.32. The lowest BCUT2D eigenvalue weighted by molar-refractivity contribution is -0.132. The Morgan fingerprint density at radius 3 is 2.58 bits per heavy atom. The molecule has 0 atom stereocenters. The van der Waals surface area contributed by atoms with Gasteiger partial charge in [0.25, 0.3) is 0 Å². The molecular formula is C27H36ClN5O4S. The van der Waals surface area contributed by atoms with E-state index >= 15 is 0 Å². The number of fused-ring (bicyclic) bond motifs is 2. The number of aromatic nitrogens is 2. The van der Waals surface area contributed by atoms with Gasteiger partial charge < -0.3 is 14.2 Å². The van der Waals surface area contributed by atoms with E-state index in [-0.39, 0.29) is 31.6 Å². The molecule has 0 unspecified atom stereocenters. The first-order valence-corrected chi connectivity index (χ1v) is 15.0. The molecule has 4 rings (SSSR count). The Morgan fingerprint density at radius 2 is 1.87 bits per heavy atom. The molecule has 0 saturated heterocycles. The van der Waals surface area contributed by atoms with Gasteiger partial charge in [-0.15, -0.1) is 0 Å². The van der Waals surface area contributed by atoms with E-state index in [1.807, 2.05) is 34.9 Å². The summed E-state index contributed by atoms with van der Waals surface area (Å²) in [5.41, 5.74) is 2.92. The monoisotopic (exact) mass is 561 g/mol. The third-order valence-electron chi connectivity index (χ3n) is 6.92. The summed E-state index contributed by atoms with van der Waals surface area (Å²) in [6, 6.07) is 13.2. The van der Waals surface area contributed by atoms with Crippen molar-refractivity contribution in [2.75, 3.05) is 43.8 Å². The topological polar surface area (TPSA) is 88.0 Å². The van der Waals surface area contributed by atoms with Crippen molar-refractivity contribution in [2.45, 2.75) is 46.0 Å². The molecule has 11 heteroatoms. The average Bonchev–Trinajstić information content (AvgIpc) is 3.17. The molecule has 2 aromatic carbocycles. The predicted octanol–water partition coefficient (Wildman–Crippen LogP) is 3.75. The van der Waals surface area contributed by atoms with Crippen LogP contribution in [0.1, 0.15) is 31.7 Å². The number of ether oxygens (including phenoxy) is 1. The highest BCUT2D eigenvalue weighted by molar-refractivity contribution is 7.92. The normalized spacial score (nSPS) is 16.1. The van der Waals surface area contributed by atoms with Gasteiger partial charge in [0.2, 0.25) is 15.9 Å². The van der Waals surface area contributed by atoms with Crippen LogP contribution in [0.3, 0.4) is 0 Å². The minimum absolute atomic E-state index is 0.0831. The number of nitrogens with zero attached hydrogens (tertiary/aromatic N) is 5. The highest BCUT2D eigenvalue weighted by Gasteiger charge is 2.26. The Labute approximate surface area is 230 Å². The van der Waals surface area contributed by atoms with Crippen LogP contribution >= 0.6 is 11.6 Å². The maximum atomic E-state index is 13.9. The minimum Gasteiger partial charge on any atom is -0.377 e. The van der Waals surface area contributed by atoms with Gasteiger partial charge >= 0.3 is 0 Å². The number of carbonyl (C=O) groups is 1. The van der Waals surface area contributed by atoms with E-state index < -0.39 is 10.0 Å². The second-order valence-electron chi connectivity index (χ2n) is 9.94. The fourth-order valence-electron chi connectivity index (χ4n) is 4.94. The summed E-state index contributed by atoms with van der Waals surface area (Å²) in [4.78, 5) is 22.7. The average molecular weight is 562 g/mol.